The Balaban J connectivity index is 2.17. The number of aryl methyl sites for hydroxylation is 1. The zero-order chi connectivity index (χ0) is 13.7. The van der Waals surface area contributed by atoms with E-state index in [-0.39, 0.29) is 11.9 Å². The molecule has 0 aliphatic carbocycles. The van der Waals surface area contributed by atoms with Gasteiger partial charge in [-0.15, -0.1) is 0 Å². The normalized spacial score (nSPS) is 12.2. The van der Waals surface area contributed by atoms with Crippen molar-refractivity contribution in [1.82, 2.24) is 0 Å². The zero-order valence-corrected chi connectivity index (χ0v) is 11.1. The molecule has 0 fully saturated rings. The summed E-state index contributed by atoms with van der Waals surface area (Å²) >= 11 is 0. The van der Waals surface area contributed by atoms with Crippen LogP contribution in [-0.2, 0) is 6.42 Å². The van der Waals surface area contributed by atoms with Crippen molar-refractivity contribution in [2.24, 2.45) is 5.73 Å². The lowest BCUT2D eigenvalue weighted by Crippen LogP contribution is -2.21. The van der Waals surface area contributed by atoms with Gasteiger partial charge in [0.2, 0.25) is 0 Å². The average Bonchev–Trinajstić information content (AvgIpc) is 2.47. The monoisotopic (exact) mass is 258 g/mol. The van der Waals surface area contributed by atoms with E-state index in [1.807, 2.05) is 12.1 Å². The van der Waals surface area contributed by atoms with Crippen LogP contribution >= 0.6 is 0 Å². The second kappa shape index (κ2) is 6.34. The van der Waals surface area contributed by atoms with Crippen LogP contribution in [0, 0.1) is 5.82 Å². The Hall–Kier alpha value is -1.87. The van der Waals surface area contributed by atoms with Gasteiger partial charge < -0.3 is 11.1 Å². The molecule has 0 amide bonds. The first-order chi connectivity index (χ1) is 9.24. The van der Waals surface area contributed by atoms with Gasteiger partial charge in [0.1, 0.15) is 5.82 Å². The molecule has 2 aromatic rings. The van der Waals surface area contributed by atoms with Crippen LogP contribution in [0.4, 0.5) is 10.1 Å². The van der Waals surface area contributed by atoms with E-state index >= 15 is 0 Å². The molecular formula is C16H19FN2. The lowest BCUT2D eigenvalue weighted by atomic mass is 10.0. The summed E-state index contributed by atoms with van der Waals surface area (Å²) in [5, 5.41) is 3.15. The topological polar surface area (TPSA) is 38.0 Å². The third-order valence-corrected chi connectivity index (χ3v) is 3.23. The van der Waals surface area contributed by atoms with E-state index in [9.17, 15) is 4.39 Å². The average molecular weight is 258 g/mol. The van der Waals surface area contributed by atoms with Gasteiger partial charge in [-0.05, 0) is 29.7 Å². The molecular weight excluding hydrogens is 239 g/mol. The lowest BCUT2D eigenvalue weighted by Gasteiger charge is -2.19. The van der Waals surface area contributed by atoms with Crippen LogP contribution < -0.4 is 11.1 Å². The van der Waals surface area contributed by atoms with Crippen molar-refractivity contribution >= 4 is 5.69 Å². The zero-order valence-electron chi connectivity index (χ0n) is 11.1. The molecule has 0 heterocycles. The number of hydrogen-bond acceptors (Lipinski definition) is 2. The van der Waals surface area contributed by atoms with Crippen molar-refractivity contribution in [3.8, 4) is 0 Å². The summed E-state index contributed by atoms with van der Waals surface area (Å²) in [6.07, 6.45) is 1.01. The summed E-state index contributed by atoms with van der Waals surface area (Å²) in [5.41, 5.74) is 8.63. The van der Waals surface area contributed by atoms with Crippen molar-refractivity contribution in [2.75, 3.05) is 11.9 Å². The molecule has 2 nitrogen and oxygen atoms in total. The van der Waals surface area contributed by atoms with Gasteiger partial charge >= 0.3 is 0 Å². The molecule has 0 aliphatic heterocycles. The van der Waals surface area contributed by atoms with Crippen LogP contribution in [0.15, 0.2) is 48.5 Å². The first kappa shape index (κ1) is 13.6. The molecule has 2 aromatic carbocycles. The van der Waals surface area contributed by atoms with Crippen molar-refractivity contribution in [3.63, 3.8) is 0 Å². The fraction of sp³-hybridized carbons (Fsp3) is 0.250. The quantitative estimate of drug-likeness (QED) is 0.861. The second-order valence-corrected chi connectivity index (χ2v) is 4.51. The fourth-order valence-corrected chi connectivity index (χ4v) is 2.03. The Morgan fingerprint density at radius 2 is 1.79 bits per heavy atom. The SMILES string of the molecule is CCc1ccc(C(CN)Nc2ccccc2F)cc1. The van der Waals surface area contributed by atoms with Crippen LogP contribution in [0.1, 0.15) is 24.1 Å². The molecule has 0 spiro atoms. The van der Waals surface area contributed by atoms with Gasteiger partial charge in [0, 0.05) is 6.54 Å². The lowest BCUT2D eigenvalue weighted by molar-refractivity contribution is 0.626. The van der Waals surface area contributed by atoms with E-state index in [4.69, 9.17) is 5.73 Å². The molecule has 0 aromatic heterocycles. The summed E-state index contributed by atoms with van der Waals surface area (Å²) < 4.78 is 13.6. The maximum absolute atomic E-state index is 13.6. The summed E-state index contributed by atoms with van der Waals surface area (Å²) in [6.45, 7) is 2.53. The standard InChI is InChI=1S/C16H19FN2/c1-2-12-7-9-13(10-8-12)16(11-18)19-15-6-4-3-5-14(15)17/h3-10,16,19H,2,11,18H2,1H3. The first-order valence-electron chi connectivity index (χ1n) is 6.54. The Kier molecular flexibility index (Phi) is 4.53. The summed E-state index contributed by atoms with van der Waals surface area (Å²) in [5.74, 6) is -0.258. The number of nitrogens with two attached hydrogens (primary N) is 1. The van der Waals surface area contributed by atoms with Gasteiger partial charge in [-0.1, -0.05) is 43.3 Å². The van der Waals surface area contributed by atoms with E-state index < -0.39 is 0 Å². The molecule has 3 N–H and O–H groups in total. The number of para-hydroxylation sites is 1. The summed E-state index contributed by atoms with van der Waals surface area (Å²) in [4.78, 5) is 0. The molecule has 2 rings (SSSR count). The van der Waals surface area contributed by atoms with Crippen LogP contribution in [0.25, 0.3) is 0 Å². The Morgan fingerprint density at radius 1 is 1.11 bits per heavy atom. The predicted octanol–water partition coefficient (Wildman–Crippen LogP) is 3.50. The van der Waals surface area contributed by atoms with E-state index in [2.05, 4.69) is 24.4 Å². The smallest absolute Gasteiger partial charge is 0.146 e. The van der Waals surface area contributed by atoms with E-state index in [1.54, 1.807) is 18.2 Å². The van der Waals surface area contributed by atoms with Gasteiger partial charge in [-0.3, -0.25) is 0 Å². The highest BCUT2D eigenvalue weighted by Crippen LogP contribution is 2.21. The van der Waals surface area contributed by atoms with Crippen LogP contribution in [-0.4, -0.2) is 6.54 Å². The Labute approximate surface area is 113 Å². The van der Waals surface area contributed by atoms with Gasteiger partial charge in [0.25, 0.3) is 0 Å². The molecule has 0 aliphatic rings. The van der Waals surface area contributed by atoms with Gasteiger partial charge in [-0.25, -0.2) is 4.39 Å². The van der Waals surface area contributed by atoms with Crippen molar-refractivity contribution in [1.29, 1.82) is 0 Å². The Morgan fingerprint density at radius 3 is 2.37 bits per heavy atom. The Bertz CT molecular complexity index is 523. The van der Waals surface area contributed by atoms with Crippen molar-refractivity contribution in [3.05, 3.63) is 65.5 Å². The van der Waals surface area contributed by atoms with Crippen LogP contribution in [0.2, 0.25) is 0 Å². The third kappa shape index (κ3) is 3.32. The summed E-state index contributed by atoms with van der Waals surface area (Å²) in [6, 6.07) is 14.8. The molecule has 3 heteroatoms. The highest BCUT2D eigenvalue weighted by atomic mass is 19.1. The maximum Gasteiger partial charge on any atom is 0.146 e. The highest BCUT2D eigenvalue weighted by molar-refractivity contribution is 5.47. The molecule has 0 radical (unpaired) electrons. The van der Waals surface area contributed by atoms with Crippen molar-refractivity contribution in [2.45, 2.75) is 19.4 Å². The van der Waals surface area contributed by atoms with Gasteiger partial charge in [-0.2, -0.15) is 0 Å². The van der Waals surface area contributed by atoms with E-state index in [1.165, 1.54) is 11.6 Å². The van der Waals surface area contributed by atoms with Crippen LogP contribution in [0.3, 0.4) is 0 Å². The molecule has 0 saturated carbocycles. The minimum Gasteiger partial charge on any atom is -0.375 e. The van der Waals surface area contributed by atoms with E-state index in [0.717, 1.165) is 12.0 Å². The fourth-order valence-electron chi connectivity index (χ4n) is 2.03. The number of nitrogens with one attached hydrogen (secondary N) is 1. The van der Waals surface area contributed by atoms with Gasteiger partial charge in [0.15, 0.2) is 0 Å². The number of hydrogen-bond donors (Lipinski definition) is 2. The van der Waals surface area contributed by atoms with Gasteiger partial charge in [0.05, 0.1) is 11.7 Å². The first-order valence-corrected chi connectivity index (χ1v) is 6.54. The minimum atomic E-state index is -0.258. The molecule has 1 atom stereocenters. The number of benzene rings is 2. The van der Waals surface area contributed by atoms with Crippen molar-refractivity contribution < 1.29 is 4.39 Å². The third-order valence-electron chi connectivity index (χ3n) is 3.23. The van der Waals surface area contributed by atoms with E-state index in [0.29, 0.717) is 12.2 Å². The molecule has 100 valence electrons. The number of rotatable bonds is 5. The second-order valence-electron chi connectivity index (χ2n) is 4.51. The highest BCUT2D eigenvalue weighted by Gasteiger charge is 2.11. The number of anilines is 1. The minimum absolute atomic E-state index is 0.0807. The predicted molar refractivity (Wildman–Crippen MR) is 77.6 cm³/mol. The molecule has 19 heavy (non-hydrogen) atoms. The summed E-state index contributed by atoms with van der Waals surface area (Å²) in [7, 11) is 0. The van der Waals surface area contributed by atoms with Crippen LogP contribution in [0.5, 0.6) is 0 Å². The largest absolute Gasteiger partial charge is 0.375 e. The molecule has 1 unspecified atom stereocenters. The molecule has 0 saturated heterocycles. The number of halogens is 1. The maximum atomic E-state index is 13.6. The molecule has 0 bridgehead atoms.